The van der Waals surface area contributed by atoms with Gasteiger partial charge in [-0.2, -0.15) is 0 Å². The molecule has 0 aliphatic heterocycles. The van der Waals surface area contributed by atoms with Crippen LogP contribution in [0.2, 0.25) is 0 Å². The maximum Gasteiger partial charge on any atom is 0.160 e. The molecule has 0 amide bonds. The average Bonchev–Trinajstić information content (AvgIpc) is 4.17. The molecule has 350 valence electrons. The molecule has 5 nitrogen and oxygen atoms in total. The molecule has 5 heteroatoms. The van der Waals surface area contributed by atoms with Crippen LogP contribution in [0.5, 0.6) is 0 Å². The highest BCUT2D eigenvalue weighted by molar-refractivity contribution is 6.12. The molecule has 0 N–H and O–H groups in total. The normalized spacial score (nSPS) is 11.7. The van der Waals surface area contributed by atoms with Crippen LogP contribution in [-0.2, 0) is 0 Å². The predicted octanol–water partition coefficient (Wildman–Crippen LogP) is 18.1. The van der Waals surface area contributed by atoms with Gasteiger partial charge in [-0.25, -0.2) is 9.97 Å². The molecule has 0 fully saturated rings. The van der Waals surface area contributed by atoms with Crippen LogP contribution in [0.15, 0.2) is 273 Å². The van der Waals surface area contributed by atoms with Gasteiger partial charge in [0.15, 0.2) is 5.82 Å². The topological polar surface area (TPSA) is 40.6 Å². The van der Waals surface area contributed by atoms with E-state index in [9.17, 15) is 0 Å². The zero-order valence-electron chi connectivity index (χ0n) is 40.7. The van der Waals surface area contributed by atoms with Gasteiger partial charge < -0.3 is 13.7 Å². The fourth-order valence-electron chi connectivity index (χ4n) is 11.6. The summed E-state index contributed by atoms with van der Waals surface area (Å²) in [6.45, 7) is 0. The van der Waals surface area contributed by atoms with E-state index in [1.54, 1.807) is 0 Å². The van der Waals surface area contributed by atoms with Crippen LogP contribution in [0.4, 0.5) is 0 Å². The summed E-state index contributed by atoms with van der Waals surface area (Å²) < 4.78 is 7.15. The Hall–Kier alpha value is -10.1. The number of benzene rings is 11. The number of aromatic nitrogens is 5. The smallest absolute Gasteiger partial charge is 0.160 e. The van der Waals surface area contributed by atoms with Gasteiger partial charge in [-0.05, 0) is 119 Å². The molecule has 0 saturated heterocycles. The second-order valence-corrected chi connectivity index (χ2v) is 19.4. The number of hydrogen-bond acceptors (Lipinski definition) is 2. The summed E-state index contributed by atoms with van der Waals surface area (Å²) in [7, 11) is 0. The lowest BCUT2D eigenvalue weighted by molar-refractivity contribution is 1.16. The number of para-hydroxylation sites is 6. The van der Waals surface area contributed by atoms with Gasteiger partial charge in [0, 0.05) is 66.1 Å². The maximum absolute atomic E-state index is 5.44. The van der Waals surface area contributed by atoms with Crippen molar-refractivity contribution >= 4 is 65.4 Å². The summed E-state index contributed by atoms with van der Waals surface area (Å²) in [6, 6.07) is 98.2. The second kappa shape index (κ2) is 17.3. The Kier molecular flexibility index (Phi) is 9.82. The van der Waals surface area contributed by atoms with Gasteiger partial charge >= 0.3 is 0 Å². The molecular formula is C70H45N5. The highest BCUT2D eigenvalue weighted by Crippen LogP contribution is 2.41. The molecule has 4 aromatic heterocycles. The molecule has 0 aliphatic carbocycles. The van der Waals surface area contributed by atoms with Crippen LogP contribution in [0.3, 0.4) is 0 Å². The van der Waals surface area contributed by atoms with E-state index in [1.165, 1.54) is 54.4 Å². The standard InChI is InChI=1S/C70H45N5/c1-3-18-47(19-4-1)70-71-62(50-21-17-20-48(40-50)46-34-37-54(38-35-46)74-64-29-12-7-24-56(64)57-25-8-13-30-65(57)74)45-63(72-70)52-41-51(42-55(43-52)75-66-31-14-9-26-58(66)59-27-10-15-32-67(59)75)49-36-39-69-61(44-49)60-28-11-16-33-68(60)73(69)53-22-5-2-6-23-53/h1-45H. The fraction of sp³-hybridized carbons (Fsp3) is 0. The van der Waals surface area contributed by atoms with Gasteiger partial charge in [-0.3, -0.25) is 0 Å². The summed E-state index contributed by atoms with van der Waals surface area (Å²) in [5.41, 5.74) is 19.5. The van der Waals surface area contributed by atoms with Crippen molar-refractivity contribution < 1.29 is 0 Å². The van der Waals surface area contributed by atoms with Gasteiger partial charge in [-0.15, -0.1) is 0 Å². The molecule has 11 aromatic carbocycles. The Morgan fingerprint density at radius 2 is 0.587 bits per heavy atom. The van der Waals surface area contributed by atoms with Crippen LogP contribution in [0, 0.1) is 0 Å². The first kappa shape index (κ1) is 42.6. The maximum atomic E-state index is 5.44. The van der Waals surface area contributed by atoms with E-state index in [0.717, 1.165) is 78.4 Å². The van der Waals surface area contributed by atoms with Crippen LogP contribution < -0.4 is 0 Å². The Balaban J connectivity index is 0.903. The van der Waals surface area contributed by atoms with E-state index in [4.69, 9.17) is 9.97 Å². The van der Waals surface area contributed by atoms with Crippen molar-refractivity contribution in [2.24, 2.45) is 0 Å². The minimum Gasteiger partial charge on any atom is -0.309 e. The van der Waals surface area contributed by atoms with Crippen molar-refractivity contribution in [2.45, 2.75) is 0 Å². The third-order valence-corrected chi connectivity index (χ3v) is 15.0. The number of rotatable bonds is 8. The zero-order valence-corrected chi connectivity index (χ0v) is 40.7. The second-order valence-electron chi connectivity index (χ2n) is 19.4. The van der Waals surface area contributed by atoms with E-state index < -0.39 is 0 Å². The Bertz CT molecular complexity index is 4590. The third kappa shape index (κ3) is 7.08. The van der Waals surface area contributed by atoms with Crippen molar-refractivity contribution in [3.8, 4) is 73.2 Å². The monoisotopic (exact) mass is 955 g/mol. The van der Waals surface area contributed by atoms with Crippen LogP contribution >= 0.6 is 0 Å². The van der Waals surface area contributed by atoms with Crippen LogP contribution in [0.25, 0.3) is 139 Å². The first-order valence-electron chi connectivity index (χ1n) is 25.6. The number of fused-ring (bicyclic) bond motifs is 9. The van der Waals surface area contributed by atoms with Gasteiger partial charge in [0.25, 0.3) is 0 Å². The molecular weight excluding hydrogens is 911 g/mol. The fourth-order valence-corrected chi connectivity index (χ4v) is 11.6. The van der Waals surface area contributed by atoms with E-state index in [1.807, 2.05) is 6.07 Å². The lowest BCUT2D eigenvalue weighted by Gasteiger charge is -2.15. The average molecular weight is 956 g/mol. The SMILES string of the molecule is c1ccc(-c2nc(-c3cccc(-c4ccc(-n5c6ccccc6c6ccccc65)cc4)c3)cc(-c3cc(-c4ccc5c(c4)c4ccccc4n5-c4ccccc4)cc(-n4c5ccccc5c5ccccc54)c3)n2)cc1. The van der Waals surface area contributed by atoms with Crippen molar-refractivity contribution in [1.82, 2.24) is 23.7 Å². The van der Waals surface area contributed by atoms with Gasteiger partial charge in [0.05, 0.1) is 44.5 Å². The third-order valence-electron chi connectivity index (χ3n) is 15.0. The van der Waals surface area contributed by atoms with Crippen molar-refractivity contribution in [1.29, 1.82) is 0 Å². The Morgan fingerprint density at radius 1 is 0.200 bits per heavy atom. The van der Waals surface area contributed by atoms with Crippen LogP contribution in [0.1, 0.15) is 0 Å². The zero-order chi connectivity index (χ0) is 49.4. The molecule has 0 unspecified atom stereocenters. The lowest BCUT2D eigenvalue weighted by Crippen LogP contribution is -1.99. The highest BCUT2D eigenvalue weighted by Gasteiger charge is 2.19. The summed E-state index contributed by atoms with van der Waals surface area (Å²) in [5.74, 6) is 0.669. The molecule has 0 saturated carbocycles. The Morgan fingerprint density at radius 3 is 1.16 bits per heavy atom. The molecule has 75 heavy (non-hydrogen) atoms. The largest absolute Gasteiger partial charge is 0.309 e. The van der Waals surface area contributed by atoms with E-state index in [2.05, 4.69) is 281 Å². The minimum absolute atomic E-state index is 0.669. The van der Waals surface area contributed by atoms with Crippen molar-refractivity contribution in [3.63, 3.8) is 0 Å². The Labute approximate surface area is 433 Å². The molecule has 0 radical (unpaired) electrons. The van der Waals surface area contributed by atoms with E-state index in [-0.39, 0.29) is 0 Å². The lowest BCUT2D eigenvalue weighted by atomic mass is 9.97. The predicted molar refractivity (Wildman–Crippen MR) is 312 cm³/mol. The number of hydrogen-bond donors (Lipinski definition) is 0. The minimum atomic E-state index is 0.669. The van der Waals surface area contributed by atoms with Crippen LogP contribution in [-0.4, -0.2) is 23.7 Å². The summed E-state index contributed by atoms with van der Waals surface area (Å²) in [5, 5.41) is 7.35. The first-order valence-corrected chi connectivity index (χ1v) is 25.6. The van der Waals surface area contributed by atoms with Gasteiger partial charge in [0.1, 0.15) is 0 Å². The quantitative estimate of drug-likeness (QED) is 0.152. The summed E-state index contributed by atoms with van der Waals surface area (Å²) in [4.78, 5) is 10.8. The molecule has 4 heterocycles. The first-order chi connectivity index (χ1) is 37.2. The summed E-state index contributed by atoms with van der Waals surface area (Å²) in [6.07, 6.45) is 0. The summed E-state index contributed by atoms with van der Waals surface area (Å²) >= 11 is 0. The molecule has 0 bridgehead atoms. The highest BCUT2D eigenvalue weighted by atomic mass is 15.0. The van der Waals surface area contributed by atoms with Gasteiger partial charge in [0.2, 0.25) is 0 Å². The van der Waals surface area contributed by atoms with E-state index >= 15 is 0 Å². The molecule has 15 aromatic rings. The van der Waals surface area contributed by atoms with Gasteiger partial charge in [-0.1, -0.05) is 176 Å². The molecule has 15 rings (SSSR count). The van der Waals surface area contributed by atoms with Crippen molar-refractivity contribution in [2.75, 3.05) is 0 Å². The molecule has 0 aliphatic rings. The number of nitrogens with zero attached hydrogens (tertiary/aromatic N) is 5. The van der Waals surface area contributed by atoms with Crippen molar-refractivity contribution in [3.05, 3.63) is 273 Å². The molecule has 0 atom stereocenters. The van der Waals surface area contributed by atoms with E-state index in [0.29, 0.717) is 5.82 Å². The molecule has 0 spiro atoms.